The third-order valence-corrected chi connectivity index (χ3v) is 4.03. The van der Waals surface area contributed by atoms with Gasteiger partial charge < -0.3 is 4.74 Å². The molecule has 3 heteroatoms. The zero-order chi connectivity index (χ0) is 14.8. The highest BCUT2D eigenvalue weighted by Gasteiger charge is 2.26. The fraction of sp³-hybridized carbons (Fsp3) is 0.765. The van der Waals surface area contributed by atoms with E-state index in [0.29, 0.717) is 24.5 Å². The molecule has 3 nitrogen and oxygen atoms in total. The summed E-state index contributed by atoms with van der Waals surface area (Å²) < 4.78 is 4.61. The summed E-state index contributed by atoms with van der Waals surface area (Å²) in [7, 11) is 1.43. The van der Waals surface area contributed by atoms with E-state index in [4.69, 9.17) is 0 Å². The van der Waals surface area contributed by atoms with Gasteiger partial charge in [0.25, 0.3) is 0 Å². The summed E-state index contributed by atoms with van der Waals surface area (Å²) in [6.07, 6.45) is 11.9. The molecule has 0 bridgehead atoms. The number of ketones is 1. The summed E-state index contributed by atoms with van der Waals surface area (Å²) >= 11 is 0. The molecule has 0 amide bonds. The van der Waals surface area contributed by atoms with Crippen LogP contribution in [0, 0.1) is 5.92 Å². The number of carbonyl (C=O) groups excluding carboxylic acids is 2. The quantitative estimate of drug-likeness (QED) is 0.361. The maximum Gasteiger partial charge on any atom is 0.305 e. The molecule has 20 heavy (non-hydrogen) atoms. The highest BCUT2D eigenvalue weighted by atomic mass is 16.5. The fourth-order valence-electron chi connectivity index (χ4n) is 2.81. The topological polar surface area (TPSA) is 43.4 Å². The van der Waals surface area contributed by atoms with Crippen molar-refractivity contribution in [2.75, 3.05) is 7.11 Å². The van der Waals surface area contributed by atoms with Gasteiger partial charge in [-0.05, 0) is 31.6 Å². The second-order valence-electron chi connectivity index (χ2n) is 5.71. The van der Waals surface area contributed by atoms with E-state index < -0.39 is 0 Å². The Balaban J connectivity index is 2.22. The van der Waals surface area contributed by atoms with Gasteiger partial charge in [0, 0.05) is 19.3 Å². The first-order valence-electron chi connectivity index (χ1n) is 7.94. The van der Waals surface area contributed by atoms with Crippen LogP contribution in [-0.2, 0) is 14.3 Å². The van der Waals surface area contributed by atoms with Gasteiger partial charge in [0.1, 0.15) is 5.78 Å². The van der Waals surface area contributed by atoms with Crippen molar-refractivity contribution in [3.05, 3.63) is 11.6 Å². The Bertz CT molecular complexity index is 344. The minimum absolute atomic E-state index is 0.121. The van der Waals surface area contributed by atoms with Crippen LogP contribution in [0.25, 0.3) is 0 Å². The van der Waals surface area contributed by atoms with E-state index in [0.717, 1.165) is 38.5 Å². The van der Waals surface area contributed by atoms with Gasteiger partial charge in [0.15, 0.2) is 0 Å². The van der Waals surface area contributed by atoms with Crippen LogP contribution >= 0.6 is 0 Å². The van der Waals surface area contributed by atoms with Gasteiger partial charge in [-0.25, -0.2) is 0 Å². The lowest BCUT2D eigenvalue weighted by molar-refractivity contribution is -0.140. The lowest BCUT2D eigenvalue weighted by Crippen LogP contribution is -1.99. The molecule has 1 fully saturated rings. The maximum absolute atomic E-state index is 11.6. The Morgan fingerprint density at radius 2 is 2.10 bits per heavy atom. The average Bonchev–Trinajstić information content (AvgIpc) is 2.80. The van der Waals surface area contributed by atoms with Crippen molar-refractivity contribution < 1.29 is 14.3 Å². The van der Waals surface area contributed by atoms with E-state index in [2.05, 4.69) is 17.7 Å². The molecule has 114 valence electrons. The van der Waals surface area contributed by atoms with Crippen LogP contribution < -0.4 is 0 Å². The van der Waals surface area contributed by atoms with Crippen LogP contribution in [-0.4, -0.2) is 18.9 Å². The minimum atomic E-state index is -0.121. The van der Waals surface area contributed by atoms with Crippen LogP contribution in [0.15, 0.2) is 11.6 Å². The predicted molar refractivity (Wildman–Crippen MR) is 80.4 cm³/mol. The molecule has 0 aliphatic heterocycles. The number of Topliss-reactive ketones (excluding diaryl/α,β-unsaturated/α-hetero) is 1. The Labute approximate surface area is 122 Å². The number of esters is 1. The molecule has 1 saturated carbocycles. The Morgan fingerprint density at radius 1 is 1.30 bits per heavy atom. The summed E-state index contributed by atoms with van der Waals surface area (Å²) in [6, 6.07) is 0. The van der Waals surface area contributed by atoms with Gasteiger partial charge in [-0.2, -0.15) is 0 Å². The molecule has 1 aliphatic carbocycles. The van der Waals surface area contributed by atoms with Crippen molar-refractivity contribution >= 4 is 11.8 Å². The zero-order valence-electron chi connectivity index (χ0n) is 13.0. The Hall–Kier alpha value is -1.12. The number of unbranched alkanes of at least 4 members (excludes halogenated alkanes) is 4. The molecule has 0 saturated heterocycles. The molecule has 0 heterocycles. The first-order valence-corrected chi connectivity index (χ1v) is 7.94. The van der Waals surface area contributed by atoms with E-state index in [1.165, 1.54) is 25.5 Å². The van der Waals surface area contributed by atoms with Crippen LogP contribution in [0.5, 0.6) is 0 Å². The predicted octanol–water partition coefficient (Wildman–Crippen LogP) is 4.21. The Morgan fingerprint density at radius 3 is 2.80 bits per heavy atom. The fourth-order valence-corrected chi connectivity index (χ4v) is 2.81. The van der Waals surface area contributed by atoms with Gasteiger partial charge >= 0.3 is 5.97 Å². The van der Waals surface area contributed by atoms with E-state index in [1.807, 2.05) is 0 Å². The van der Waals surface area contributed by atoms with Crippen molar-refractivity contribution in [2.45, 2.75) is 71.1 Å². The zero-order valence-corrected chi connectivity index (χ0v) is 13.0. The lowest BCUT2D eigenvalue weighted by Gasteiger charge is -2.10. The number of ether oxygens (including phenoxy) is 1. The van der Waals surface area contributed by atoms with Gasteiger partial charge in [-0.3, -0.25) is 9.59 Å². The molecule has 0 aromatic carbocycles. The van der Waals surface area contributed by atoms with Crippen LogP contribution in [0.3, 0.4) is 0 Å². The van der Waals surface area contributed by atoms with Gasteiger partial charge in [-0.1, -0.05) is 37.8 Å². The first kappa shape index (κ1) is 16.9. The second-order valence-corrected chi connectivity index (χ2v) is 5.71. The number of rotatable bonds is 9. The SMILES string of the molecule is CCCCC1CC(=O)C/C1=C\CCCCCC(=O)OC. The second kappa shape index (κ2) is 9.73. The van der Waals surface area contributed by atoms with Gasteiger partial charge in [0.2, 0.25) is 0 Å². The summed E-state index contributed by atoms with van der Waals surface area (Å²) in [5, 5.41) is 0. The summed E-state index contributed by atoms with van der Waals surface area (Å²) in [4.78, 5) is 22.5. The number of hydrogen-bond acceptors (Lipinski definition) is 3. The van der Waals surface area contributed by atoms with E-state index in [-0.39, 0.29) is 5.97 Å². The number of carbonyl (C=O) groups is 2. The summed E-state index contributed by atoms with van der Waals surface area (Å²) in [6.45, 7) is 2.20. The van der Waals surface area contributed by atoms with Crippen molar-refractivity contribution in [1.82, 2.24) is 0 Å². The molecule has 1 rings (SSSR count). The highest BCUT2D eigenvalue weighted by molar-refractivity contribution is 5.84. The lowest BCUT2D eigenvalue weighted by atomic mass is 9.95. The molecule has 0 spiro atoms. The molecular formula is C17H28O3. The highest BCUT2D eigenvalue weighted by Crippen LogP contribution is 2.33. The largest absolute Gasteiger partial charge is 0.469 e. The van der Waals surface area contributed by atoms with E-state index >= 15 is 0 Å². The maximum atomic E-state index is 11.6. The standard InChI is InChI=1S/C17H28O3/c1-3-4-9-14-12-16(18)13-15(14)10-7-5-6-8-11-17(19)20-2/h10,14H,3-9,11-13H2,1-2H3/b15-10+. The molecule has 0 aromatic rings. The minimum Gasteiger partial charge on any atom is -0.469 e. The summed E-state index contributed by atoms with van der Waals surface area (Å²) in [5.74, 6) is 0.796. The molecule has 0 radical (unpaired) electrons. The van der Waals surface area contributed by atoms with Crippen LogP contribution in [0.4, 0.5) is 0 Å². The molecule has 0 aromatic heterocycles. The number of allylic oxidation sites excluding steroid dienone is 2. The number of methoxy groups -OCH3 is 1. The Kier molecular flexibility index (Phi) is 8.24. The normalized spacial score (nSPS) is 20.6. The van der Waals surface area contributed by atoms with Crippen molar-refractivity contribution in [3.8, 4) is 0 Å². The van der Waals surface area contributed by atoms with Crippen molar-refractivity contribution in [1.29, 1.82) is 0 Å². The first-order chi connectivity index (χ1) is 9.67. The third-order valence-electron chi connectivity index (χ3n) is 4.03. The summed E-state index contributed by atoms with van der Waals surface area (Å²) in [5.41, 5.74) is 1.37. The average molecular weight is 280 g/mol. The third kappa shape index (κ3) is 6.36. The monoisotopic (exact) mass is 280 g/mol. The molecular weight excluding hydrogens is 252 g/mol. The smallest absolute Gasteiger partial charge is 0.305 e. The van der Waals surface area contributed by atoms with Crippen molar-refractivity contribution in [2.24, 2.45) is 5.92 Å². The molecule has 1 aliphatic rings. The van der Waals surface area contributed by atoms with Crippen LogP contribution in [0.1, 0.15) is 71.1 Å². The molecule has 1 unspecified atom stereocenters. The van der Waals surface area contributed by atoms with Crippen LogP contribution in [0.2, 0.25) is 0 Å². The molecule has 1 atom stereocenters. The van der Waals surface area contributed by atoms with E-state index in [1.54, 1.807) is 0 Å². The number of hydrogen-bond donors (Lipinski definition) is 0. The van der Waals surface area contributed by atoms with Crippen molar-refractivity contribution in [3.63, 3.8) is 0 Å². The van der Waals surface area contributed by atoms with E-state index in [9.17, 15) is 9.59 Å². The van der Waals surface area contributed by atoms with Gasteiger partial charge in [-0.15, -0.1) is 0 Å². The molecule has 0 N–H and O–H groups in total. The van der Waals surface area contributed by atoms with Gasteiger partial charge in [0.05, 0.1) is 7.11 Å².